The maximum absolute atomic E-state index is 14.4. The molecule has 0 saturated carbocycles. The number of amides is 1. The lowest BCUT2D eigenvalue weighted by Crippen LogP contribution is -2.43. The highest BCUT2D eigenvalue weighted by molar-refractivity contribution is 7.26. The Morgan fingerprint density at radius 1 is 1.03 bits per heavy atom. The van der Waals surface area contributed by atoms with Crippen LogP contribution in [0.5, 0.6) is 0 Å². The standard InChI is InChI=1S/C22H25FN4OS/c23-16-6-5-7-17-18(16)19-20(29-17)21(25-14-24-19)26-12-8-15(9-13-26)22(28)27-10-3-1-2-4-11-27/h5-7,14-15H,1-4,8-13H2. The van der Waals surface area contributed by atoms with Crippen LogP contribution in [0.4, 0.5) is 10.2 Å². The Kier molecular flexibility index (Phi) is 5.08. The molecule has 1 amide bonds. The molecule has 2 aromatic heterocycles. The van der Waals surface area contributed by atoms with Gasteiger partial charge in [0.15, 0.2) is 0 Å². The van der Waals surface area contributed by atoms with Gasteiger partial charge in [-0.2, -0.15) is 0 Å². The van der Waals surface area contributed by atoms with E-state index in [0.717, 1.165) is 67.1 Å². The number of hydrogen-bond donors (Lipinski definition) is 0. The first-order chi connectivity index (χ1) is 14.2. The number of fused-ring (bicyclic) bond motifs is 3. The minimum absolute atomic E-state index is 0.113. The van der Waals surface area contributed by atoms with Crippen molar-refractivity contribution in [2.45, 2.75) is 38.5 Å². The van der Waals surface area contributed by atoms with E-state index in [1.165, 1.54) is 25.2 Å². The molecule has 0 radical (unpaired) electrons. The van der Waals surface area contributed by atoms with Gasteiger partial charge in [0.25, 0.3) is 0 Å². The van der Waals surface area contributed by atoms with Crippen LogP contribution in [0, 0.1) is 11.7 Å². The fourth-order valence-corrected chi connectivity index (χ4v) is 5.87. The molecule has 29 heavy (non-hydrogen) atoms. The zero-order valence-corrected chi connectivity index (χ0v) is 17.3. The lowest BCUT2D eigenvalue weighted by molar-refractivity contribution is -0.136. The van der Waals surface area contributed by atoms with Crippen molar-refractivity contribution in [1.29, 1.82) is 0 Å². The number of piperidine rings is 1. The van der Waals surface area contributed by atoms with Gasteiger partial charge in [-0.3, -0.25) is 4.79 Å². The summed E-state index contributed by atoms with van der Waals surface area (Å²) in [5, 5.41) is 0.586. The topological polar surface area (TPSA) is 49.3 Å². The van der Waals surface area contributed by atoms with Crippen LogP contribution in [0.3, 0.4) is 0 Å². The van der Waals surface area contributed by atoms with Crippen molar-refractivity contribution in [3.8, 4) is 0 Å². The number of carbonyl (C=O) groups is 1. The van der Waals surface area contributed by atoms with Crippen LogP contribution in [-0.2, 0) is 4.79 Å². The molecule has 2 saturated heterocycles. The maximum Gasteiger partial charge on any atom is 0.225 e. The number of benzene rings is 1. The largest absolute Gasteiger partial charge is 0.355 e. The van der Waals surface area contributed by atoms with Crippen LogP contribution in [0.25, 0.3) is 20.3 Å². The van der Waals surface area contributed by atoms with Crippen LogP contribution < -0.4 is 4.90 Å². The quantitative estimate of drug-likeness (QED) is 0.617. The van der Waals surface area contributed by atoms with E-state index in [0.29, 0.717) is 16.8 Å². The van der Waals surface area contributed by atoms with Gasteiger partial charge in [-0.25, -0.2) is 14.4 Å². The van der Waals surface area contributed by atoms with E-state index in [-0.39, 0.29) is 11.7 Å². The number of anilines is 1. The summed E-state index contributed by atoms with van der Waals surface area (Å²) >= 11 is 1.55. The second-order valence-electron chi connectivity index (χ2n) is 8.09. The van der Waals surface area contributed by atoms with Crippen molar-refractivity contribution in [2.24, 2.45) is 5.92 Å². The first-order valence-electron chi connectivity index (χ1n) is 10.6. The highest BCUT2D eigenvalue weighted by Gasteiger charge is 2.30. The van der Waals surface area contributed by atoms with E-state index in [2.05, 4.69) is 19.8 Å². The molecule has 0 bridgehead atoms. The third kappa shape index (κ3) is 3.45. The highest BCUT2D eigenvalue weighted by atomic mass is 32.1. The minimum atomic E-state index is -0.236. The Hall–Kier alpha value is -2.28. The molecule has 152 valence electrons. The van der Waals surface area contributed by atoms with E-state index in [1.54, 1.807) is 17.4 Å². The third-order valence-corrected chi connectivity index (χ3v) is 7.41. The molecule has 2 fully saturated rings. The van der Waals surface area contributed by atoms with Gasteiger partial charge in [0.05, 0.1) is 15.6 Å². The Labute approximate surface area is 173 Å². The molecule has 0 spiro atoms. The fourth-order valence-electron chi connectivity index (χ4n) is 4.68. The van der Waals surface area contributed by atoms with Gasteiger partial charge in [0.1, 0.15) is 18.0 Å². The summed E-state index contributed by atoms with van der Waals surface area (Å²) < 4.78 is 16.2. The molecule has 2 aliphatic rings. The van der Waals surface area contributed by atoms with Crippen molar-refractivity contribution < 1.29 is 9.18 Å². The molecule has 0 N–H and O–H groups in total. The fraction of sp³-hybridized carbons (Fsp3) is 0.500. The maximum atomic E-state index is 14.4. The van der Waals surface area contributed by atoms with Gasteiger partial charge < -0.3 is 9.80 Å². The summed E-state index contributed by atoms with van der Waals surface area (Å²) in [5.41, 5.74) is 0.691. The van der Waals surface area contributed by atoms with Gasteiger partial charge in [-0.1, -0.05) is 18.9 Å². The molecule has 1 aromatic carbocycles. The average molecular weight is 413 g/mol. The minimum Gasteiger partial charge on any atom is -0.355 e. The zero-order chi connectivity index (χ0) is 19.8. The predicted molar refractivity (Wildman–Crippen MR) is 115 cm³/mol. The first kappa shape index (κ1) is 18.7. The molecule has 4 heterocycles. The summed E-state index contributed by atoms with van der Waals surface area (Å²) in [4.78, 5) is 26.2. The molecule has 0 atom stereocenters. The molecule has 3 aromatic rings. The van der Waals surface area contributed by atoms with Crippen LogP contribution in [0.1, 0.15) is 38.5 Å². The average Bonchev–Trinajstić information content (AvgIpc) is 2.94. The normalized spacial score (nSPS) is 19.1. The van der Waals surface area contributed by atoms with E-state index in [9.17, 15) is 9.18 Å². The molecule has 0 unspecified atom stereocenters. The second-order valence-corrected chi connectivity index (χ2v) is 9.14. The third-order valence-electron chi connectivity index (χ3n) is 6.27. The summed E-state index contributed by atoms with van der Waals surface area (Å²) in [6, 6.07) is 5.15. The Bertz CT molecular complexity index is 1040. The zero-order valence-electron chi connectivity index (χ0n) is 16.4. The van der Waals surface area contributed by atoms with Gasteiger partial charge in [0.2, 0.25) is 5.91 Å². The van der Waals surface area contributed by atoms with Crippen molar-refractivity contribution in [3.63, 3.8) is 0 Å². The lowest BCUT2D eigenvalue weighted by Gasteiger charge is -2.34. The van der Waals surface area contributed by atoms with E-state index < -0.39 is 0 Å². The molecule has 2 aliphatic heterocycles. The van der Waals surface area contributed by atoms with Crippen molar-refractivity contribution >= 4 is 43.4 Å². The van der Waals surface area contributed by atoms with Gasteiger partial charge in [-0.15, -0.1) is 11.3 Å². The van der Waals surface area contributed by atoms with Crippen LogP contribution in [0.2, 0.25) is 0 Å². The Morgan fingerprint density at radius 3 is 2.55 bits per heavy atom. The SMILES string of the molecule is O=C(C1CCN(c2ncnc3c2sc2cccc(F)c23)CC1)N1CCCCCC1. The number of likely N-dealkylation sites (tertiary alicyclic amines) is 1. The number of thiophene rings is 1. The summed E-state index contributed by atoms with van der Waals surface area (Å²) in [6.07, 6.45) is 7.96. The van der Waals surface area contributed by atoms with Crippen molar-refractivity contribution in [1.82, 2.24) is 14.9 Å². The highest BCUT2D eigenvalue weighted by Crippen LogP contribution is 2.39. The summed E-state index contributed by atoms with van der Waals surface area (Å²) in [5.74, 6) is 1.08. The molecule has 7 heteroatoms. The van der Waals surface area contributed by atoms with Crippen LogP contribution in [-0.4, -0.2) is 47.0 Å². The molecular weight excluding hydrogens is 387 g/mol. The summed E-state index contributed by atoms with van der Waals surface area (Å²) in [7, 11) is 0. The molecule has 5 rings (SSSR count). The predicted octanol–water partition coefficient (Wildman–Crippen LogP) is 4.60. The van der Waals surface area contributed by atoms with Crippen LogP contribution >= 0.6 is 11.3 Å². The summed E-state index contributed by atoms with van der Waals surface area (Å²) in [6.45, 7) is 3.43. The number of aromatic nitrogens is 2. The van der Waals surface area contributed by atoms with E-state index in [1.807, 2.05) is 6.07 Å². The monoisotopic (exact) mass is 412 g/mol. The van der Waals surface area contributed by atoms with Gasteiger partial charge >= 0.3 is 0 Å². The number of rotatable bonds is 2. The van der Waals surface area contributed by atoms with Gasteiger partial charge in [0, 0.05) is 36.8 Å². The van der Waals surface area contributed by atoms with E-state index >= 15 is 0 Å². The lowest BCUT2D eigenvalue weighted by atomic mass is 9.95. The first-order valence-corrected chi connectivity index (χ1v) is 11.4. The van der Waals surface area contributed by atoms with Crippen LogP contribution in [0.15, 0.2) is 24.5 Å². The van der Waals surface area contributed by atoms with Crippen molar-refractivity contribution in [3.05, 3.63) is 30.3 Å². The molecule has 0 aliphatic carbocycles. The Morgan fingerprint density at radius 2 is 1.79 bits per heavy atom. The second kappa shape index (κ2) is 7.86. The number of halogens is 1. The van der Waals surface area contributed by atoms with Crippen molar-refractivity contribution in [2.75, 3.05) is 31.1 Å². The smallest absolute Gasteiger partial charge is 0.225 e. The number of nitrogens with zero attached hydrogens (tertiary/aromatic N) is 4. The number of hydrogen-bond acceptors (Lipinski definition) is 5. The van der Waals surface area contributed by atoms with Gasteiger partial charge in [-0.05, 0) is 37.8 Å². The number of carbonyl (C=O) groups excluding carboxylic acids is 1. The Balaban J connectivity index is 1.36. The molecule has 5 nitrogen and oxygen atoms in total. The van der Waals surface area contributed by atoms with E-state index in [4.69, 9.17) is 0 Å². The molecular formula is C22H25FN4OS.